The Morgan fingerprint density at radius 2 is 2.14 bits per heavy atom. The fraction of sp³-hybridized carbons (Fsp3) is 0.421. The molecule has 0 saturated carbocycles. The smallest absolute Gasteiger partial charge is 0.334 e. The van der Waals surface area contributed by atoms with Gasteiger partial charge in [0.15, 0.2) is 0 Å². The molecule has 3 rings (SSSR count). The maximum absolute atomic E-state index is 12.0. The highest BCUT2D eigenvalue weighted by Crippen LogP contribution is 2.29. The first-order valence-corrected chi connectivity index (χ1v) is 7.84. The zero-order valence-corrected chi connectivity index (χ0v) is 13.2. The molecule has 0 fully saturated rings. The second-order valence-electron chi connectivity index (χ2n) is 6.42. The van der Waals surface area contributed by atoms with E-state index in [4.69, 9.17) is 9.15 Å². The minimum atomic E-state index is -0.159. The van der Waals surface area contributed by atoms with Gasteiger partial charge < -0.3 is 9.15 Å². The second-order valence-corrected chi connectivity index (χ2v) is 6.42. The number of carbonyl (C=O) groups excluding carboxylic acids is 1. The number of allylic oxidation sites excluding steroid dienone is 1. The molecular weight excluding hydrogens is 276 g/mol. The Labute approximate surface area is 131 Å². The average molecular weight is 298 g/mol. The van der Waals surface area contributed by atoms with Gasteiger partial charge in [0.25, 0.3) is 0 Å². The van der Waals surface area contributed by atoms with Crippen molar-refractivity contribution in [2.45, 2.75) is 45.6 Å². The topological polar surface area (TPSA) is 39.4 Å². The molecule has 0 N–H and O–H groups in total. The molecule has 0 spiro atoms. The van der Waals surface area contributed by atoms with Crippen molar-refractivity contribution in [2.75, 3.05) is 0 Å². The SMILES string of the molecule is C=C(C)[C@@H]1CCC2=C[C@H](C/C(C)=C\c3ccc(o3)C1)OC2=O. The van der Waals surface area contributed by atoms with Crippen molar-refractivity contribution < 1.29 is 13.9 Å². The van der Waals surface area contributed by atoms with E-state index in [1.54, 1.807) is 0 Å². The molecule has 3 heterocycles. The van der Waals surface area contributed by atoms with E-state index in [-0.39, 0.29) is 12.1 Å². The van der Waals surface area contributed by atoms with Gasteiger partial charge in [0, 0.05) is 18.4 Å². The summed E-state index contributed by atoms with van der Waals surface area (Å²) in [5.41, 5.74) is 3.08. The van der Waals surface area contributed by atoms with Crippen LogP contribution in [0.4, 0.5) is 0 Å². The lowest BCUT2D eigenvalue weighted by molar-refractivity contribution is -0.139. The van der Waals surface area contributed by atoms with Gasteiger partial charge in [-0.3, -0.25) is 0 Å². The number of esters is 1. The average Bonchev–Trinajstić information content (AvgIpc) is 3.01. The van der Waals surface area contributed by atoms with Gasteiger partial charge in [-0.05, 0) is 56.9 Å². The van der Waals surface area contributed by atoms with Crippen molar-refractivity contribution in [1.29, 1.82) is 0 Å². The van der Waals surface area contributed by atoms with Gasteiger partial charge >= 0.3 is 5.97 Å². The maximum atomic E-state index is 12.0. The quantitative estimate of drug-likeness (QED) is 0.568. The summed E-state index contributed by atoms with van der Waals surface area (Å²) in [6, 6.07) is 4.04. The van der Waals surface area contributed by atoms with Gasteiger partial charge in [0.1, 0.15) is 17.6 Å². The molecule has 3 heteroatoms. The highest BCUT2D eigenvalue weighted by atomic mass is 16.5. The number of carbonyl (C=O) groups is 1. The molecule has 2 aliphatic heterocycles. The molecule has 1 aromatic heterocycles. The van der Waals surface area contributed by atoms with E-state index in [0.29, 0.717) is 5.92 Å². The summed E-state index contributed by atoms with van der Waals surface area (Å²) in [5, 5.41) is 0. The molecule has 22 heavy (non-hydrogen) atoms. The van der Waals surface area contributed by atoms with Crippen LogP contribution in [-0.4, -0.2) is 12.1 Å². The molecule has 3 nitrogen and oxygen atoms in total. The Hall–Kier alpha value is -2.03. The predicted octanol–water partition coefficient (Wildman–Crippen LogP) is 4.45. The first kappa shape index (κ1) is 14.9. The van der Waals surface area contributed by atoms with Crippen molar-refractivity contribution in [3.63, 3.8) is 0 Å². The van der Waals surface area contributed by atoms with Crippen LogP contribution in [0.15, 0.2) is 45.9 Å². The second kappa shape index (κ2) is 5.99. The summed E-state index contributed by atoms with van der Waals surface area (Å²) >= 11 is 0. The van der Waals surface area contributed by atoms with Crippen LogP contribution in [0.3, 0.4) is 0 Å². The van der Waals surface area contributed by atoms with Crippen molar-refractivity contribution in [3.05, 3.63) is 53.0 Å². The Kier molecular flexibility index (Phi) is 4.06. The first-order valence-electron chi connectivity index (χ1n) is 7.84. The summed E-state index contributed by atoms with van der Waals surface area (Å²) < 4.78 is 11.4. The Balaban J connectivity index is 1.92. The zero-order valence-electron chi connectivity index (χ0n) is 13.2. The van der Waals surface area contributed by atoms with Crippen LogP contribution >= 0.6 is 0 Å². The molecule has 0 saturated heterocycles. The molecule has 116 valence electrons. The monoisotopic (exact) mass is 298 g/mol. The first-order chi connectivity index (χ1) is 10.5. The summed E-state index contributed by atoms with van der Waals surface area (Å²) in [6.45, 7) is 8.18. The third kappa shape index (κ3) is 3.24. The van der Waals surface area contributed by atoms with E-state index in [0.717, 1.165) is 53.9 Å². The fourth-order valence-electron chi connectivity index (χ4n) is 3.12. The standard InChI is InChI=1S/C19H22O3/c1-12(2)14-4-5-15-11-18(22-19(15)20)9-13(3)8-16-6-7-17(10-14)21-16/h6-8,11,14,18H,1,4-5,9-10H2,2-3H3/b13-8-/t14-,18+/m1/s1. The van der Waals surface area contributed by atoms with Crippen LogP contribution in [0.2, 0.25) is 0 Å². The molecule has 2 atom stereocenters. The van der Waals surface area contributed by atoms with E-state index >= 15 is 0 Å². The van der Waals surface area contributed by atoms with Crippen LogP contribution in [0.5, 0.6) is 0 Å². The number of ether oxygens (including phenoxy) is 1. The third-order valence-corrected chi connectivity index (χ3v) is 4.41. The van der Waals surface area contributed by atoms with Crippen molar-refractivity contribution in [2.24, 2.45) is 5.92 Å². The zero-order chi connectivity index (χ0) is 15.7. The molecule has 0 radical (unpaired) electrons. The normalized spacial score (nSPS) is 27.6. The molecule has 0 aromatic carbocycles. The van der Waals surface area contributed by atoms with E-state index in [1.165, 1.54) is 0 Å². The minimum absolute atomic E-state index is 0.141. The maximum Gasteiger partial charge on any atom is 0.334 e. The molecule has 2 aliphatic rings. The molecule has 1 aromatic rings. The highest BCUT2D eigenvalue weighted by molar-refractivity contribution is 5.90. The summed E-state index contributed by atoms with van der Waals surface area (Å²) in [4.78, 5) is 12.0. The molecule has 4 bridgehead atoms. The van der Waals surface area contributed by atoms with Crippen molar-refractivity contribution in [1.82, 2.24) is 0 Å². The fourth-order valence-corrected chi connectivity index (χ4v) is 3.12. The number of fused-ring (bicyclic) bond motifs is 3. The van der Waals surface area contributed by atoms with Gasteiger partial charge in [-0.15, -0.1) is 0 Å². The lowest BCUT2D eigenvalue weighted by atomic mass is 9.90. The van der Waals surface area contributed by atoms with Crippen molar-refractivity contribution >= 4 is 12.0 Å². The number of rotatable bonds is 1. The largest absolute Gasteiger partial charge is 0.462 e. The summed E-state index contributed by atoms with van der Waals surface area (Å²) in [7, 11) is 0. The van der Waals surface area contributed by atoms with Gasteiger partial charge in [0.05, 0.1) is 0 Å². The lowest BCUT2D eigenvalue weighted by Gasteiger charge is -2.15. The minimum Gasteiger partial charge on any atom is -0.462 e. The van der Waals surface area contributed by atoms with Crippen molar-refractivity contribution in [3.8, 4) is 0 Å². The van der Waals surface area contributed by atoms with Gasteiger partial charge in [-0.25, -0.2) is 4.79 Å². The van der Waals surface area contributed by atoms with Crippen LogP contribution in [-0.2, 0) is 16.0 Å². The van der Waals surface area contributed by atoms with E-state index in [9.17, 15) is 4.79 Å². The van der Waals surface area contributed by atoms with Crippen LogP contribution < -0.4 is 0 Å². The number of hydrogen-bond acceptors (Lipinski definition) is 3. The molecule has 0 amide bonds. The molecule has 0 unspecified atom stereocenters. The predicted molar refractivity (Wildman–Crippen MR) is 86.2 cm³/mol. The summed E-state index contributed by atoms with van der Waals surface area (Å²) in [6.07, 6.45) is 7.05. The Morgan fingerprint density at radius 3 is 2.91 bits per heavy atom. The van der Waals surface area contributed by atoms with Crippen LogP contribution in [0.1, 0.15) is 44.6 Å². The van der Waals surface area contributed by atoms with Crippen LogP contribution in [0.25, 0.3) is 6.08 Å². The van der Waals surface area contributed by atoms with E-state index in [2.05, 4.69) is 6.58 Å². The highest BCUT2D eigenvalue weighted by Gasteiger charge is 2.26. The Morgan fingerprint density at radius 1 is 1.32 bits per heavy atom. The number of furan rings is 1. The van der Waals surface area contributed by atoms with E-state index < -0.39 is 0 Å². The molecule has 0 aliphatic carbocycles. The van der Waals surface area contributed by atoms with Gasteiger partial charge in [0.2, 0.25) is 0 Å². The molecular formula is C19H22O3. The van der Waals surface area contributed by atoms with Crippen LogP contribution in [0, 0.1) is 5.92 Å². The number of hydrogen-bond donors (Lipinski definition) is 0. The van der Waals surface area contributed by atoms with Gasteiger partial charge in [-0.2, -0.15) is 0 Å². The Bertz CT molecular complexity index is 660. The lowest BCUT2D eigenvalue weighted by Crippen LogP contribution is -2.10. The van der Waals surface area contributed by atoms with Gasteiger partial charge in [-0.1, -0.05) is 17.7 Å². The summed E-state index contributed by atoms with van der Waals surface area (Å²) in [5.74, 6) is 2.00. The third-order valence-electron chi connectivity index (χ3n) is 4.41. The van der Waals surface area contributed by atoms with E-state index in [1.807, 2.05) is 38.1 Å².